The highest BCUT2D eigenvalue weighted by Crippen LogP contribution is 2.53. The number of fused-ring (bicyclic) bond motifs is 3. The largest absolute Gasteiger partial charge is 0.573 e. The smallest absolute Gasteiger partial charge is 0.470 e. The summed E-state index contributed by atoms with van der Waals surface area (Å²) in [5.41, 5.74) is 4.36. The Morgan fingerprint density at radius 2 is 1.86 bits per heavy atom. The molecule has 0 saturated heterocycles. The summed E-state index contributed by atoms with van der Waals surface area (Å²) >= 11 is 0. The van der Waals surface area contributed by atoms with Crippen molar-refractivity contribution >= 4 is 5.97 Å². The monoisotopic (exact) mass is 402 g/mol. The molecule has 1 unspecified atom stereocenters. The van der Waals surface area contributed by atoms with E-state index in [0.29, 0.717) is 25.7 Å². The Balaban J connectivity index is 1.83. The van der Waals surface area contributed by atoms with Gasteiger partial charge in [-0.05, 0) is 58.6 Å². The van der Waals surface area contributed by atoms with E-state index in [1.165, 1.54) is 12.3 Å². The van der Waals surface area contributed by atoms with Crippen molar-refractivity contribution in [3.63, 3.8) is 0 Å². The second kappa shape index (κ2) is 6.79. The van der Waals surface area contributed by atoms with Crippen LogP contribution < -0.4 is 15.2 Å². The van der Waals surface area contributed by atoms with Gasteiger partial charge < -0.3 is 19.9 Å². The fourth-order valence-electron chi connectivity index (χ4n) is 3.91. The lowest BCUT2D eigenvalue weighted by molar-refractivity contribution is -0.275. The van der Waals surface area contributed by atoms with E-state index in [4.69, 9.17) is 15.2 Å². The van der Waals surface area contributed by atoms with Crippen molar-refractivity contribution in [1.82, 2.24) is 4.98 Å². The lowest BCUT2D eigenvalue weighted by atomic mass is 9.56. The third-order valence-corrected chi connectivity index (χ3v) is 5.40. The first-order chi connectivity index (χ1) is 12.8. The summed E-state index contributed by atoms with van der Waals surface area (Å²) in [6.07, 6.45) is -1.82. The average Bonchev–Trinajstić information content (AvgIpc) is 2.55. The molecule has 3 saturated carbocycles. The summed E-state index contributed by atoms with van der Waals surface area (Å²) in [5, 5.41) is 0. The van der Waals surface area contributed by atoms with Crippen molar-refractivity contribution in [1.29, 1.82) is 0 Å². The minimum Gasteiger partial charge on any atom is -0.470 e. The highest BCUT2D eigenvalue weighted by atomic mass is 19.4. The highest BCUT2D eigenvalue weighted by molar-refractivity contribution is 5.78. The Labute approximate surface area is 161 Å². The van der Waals surface area contributed by atoms with E-state index >= 15 is 0 Å². The Hall–Kier alpha value is -2.03. The molecule has 1 aromatic heterocycles. The molecule has 4 rings (SSSR count). The second-order valence-corrected chi connectivity index (χ2v) is 8.68. The van der Waals surface area contributed by atoms with Crippen molar-refractivity contribution in [3.05, 3.63) is 18.3 Å². The van der Waals surface area contributed by atoms with Crippen molar-refractivity contribution in [3.8, 4) is 11.6 Å². The summed E-state index contributed by atoms with van der Waals surface area (Å²) in [7, 11) is 0. The molecule has 3 aliphatic rings. The molecule has 6 nitrogen and oxygen atoms in total. The summed E-state index contributed by atoms with van der Waals surface area (Å²) in [4.78, 5) is 16.7. The van der Waals surface area contributed by atoms with Gasteiger partial charge in [0, 0.05) is 12.6 Å². The van der Waals surface area contributed by atoms with Gasteiger partial charge >= 0.3 is 12.3 Å². The lowest BCUT2D eigenvalue weighted by Crippen LogP contribution is -2.65. The summed E-state index contributed by atoms with van der Waals surface area (Å²) in [6.45, 7) is 5.38. The van der Waals surface area contributed by atoms with Crippen LogP contribution in [0.2, 0.25) is 0 Å². The molecule has 9 heteroatoms. The number of pyridine rings is 1. The quantitative estimate of drug-likeness (QED) is 0.773. The van der Waals surface area contributed by atoms with Gasteiger partial charge in [0.2, 0.25) is 0 Å². The first-order valence-electron chi connectivity index (χ1n) is 9.22. The molecule has 3 fully saturated rings. The highest BCUT2D eigenvalue weighted by Gasteiger charge is 2.58. The van der Waals surface area contributed by atoms with Crippen LogP contribution in [-0.4, -0.2) is 34.6 Å². The van der Waals surface area contributed by atoms with Gasteiger partial charge in [0.05, 0.1) is 11.0 Å². The minimum atomic E-state index is -4.87. The molecule has 1 atom stereocenters. The second-order valence-electron chi connectivity index (χ2n) is 8.68. The maximum atomic E-state index is 12.8. The number of carbonyl (C=O) groups is 1. The molecule has 28 heavy (non-hydrogen) atoms. The van der Waals surface area contributed by atoms with E-state index in [-0.39, 0.29) is 18.3 Å². The number of nitrogens with two attached hydrogens (primary N) is 1. The third kappa shape index (κ3) is 4.34. The van der Waals surface area contributed by atoms with Crippen molar-refractivity contribution in [2.75, 3.05) is 0 Å². The standard InChI is InChI=1S/C19H25F3N2O4/c1-16(2,3)28-15(25)17-6-8-18(23,9-7-17)13(11-17)26-14-12(5-4-10-24-14)27-19(20,21)22/h4-5,10,13H,6-9,11,23H2,1-3H3. The topological polar surface area (TPSA) is 83.7 Å². The molecule has 2 N–H and O–H groups in total. The number of rotatable bonds is 4. The van der Waals surface area contributed by atoms with E-state index in [2.05, 4.69) is 9.72 Å². The Morgan fingerprint density at radius 3 is 2.43 bits per heavy atom. The van der Waals surface area contributed by atoms with Gasteiger partial charge in [-0.1, -0.05) is 0 Å². The molecule has 3 aliphatic carbocycles. The molecule has 0 spiro atoms. The normalized spacial score (nSPS) is 30.0. The van der Waals surface area contributed by atoms with E-state index in [1.54, 1.807) is 20.8 Å². The zero-order chi connectivity index (χ0) is 20.8. The molecule has 0 radical (unpaired) electrons. The molecule has 2 bridgehead atoms. The lowest BCUT2D eigenvalue weighted by Gasteiger charge is -2.54. The van der Waals surface area contributed by atoms with Crippen molar-refractivity contribution < 1.29 is 32.2 Å². The average molecular weight is 402 g/mol. The van der Waals surface area contributed by atoms with Crippen LogP contribution in [0.4, 0.5) is 13.2 Å². The Morgan fingerprint density at radius 1 is 1.21 bits per heavy atom. The number of hydrogen-bond acceptors (Lipinski definition) is 6. The van der Waals surface area contributed by atoms with Crippen LogP contribution in [0.1, 0.15) is 52.9 Å². The fourth-order valence-corrected chi connectivity index (χ4v) is 3.91. The maximum Gasteiger partial charge on any atom is 0.573 e. The Kier molecular flexibility index (Phi) is 5.02. The van der Waals surface area contributed by atoms with Crippen LogP contribution in [0.3, 0.4) is 0 Å². The maximum absolute atomic E-state index is 12.8. The van der Waals surface area contributed by atoms with Gasteiger partial charge in [-0.25, -0.2) is 4.98 Å². The number of halogens is 3. The predicted octanol–water partition coefficient (Wildman–Crippen LogP) is 3.73. The molecule has 0 aliphatic heterocycles. The van der Waals surface area contributed by atoms with Gasteiger partial charge in [-0.15, -0.1) is 13.2 Å². The molecule has 0 aromatic carbocycles. The van der Waals surface area contributed by atoms with Crippen LogP contribution >= 0.6 is 0 Å². The van der Waals surface area contributed by atoms with Crippen molar-refractivity contribution in [2.45, 2.75) is 76.5 Å². The van der Waals surface area contributed by atoms with E-state index < -0.39 is 34.8 Å². The molecule has 1 aromatic rings. The first-order valence-corrected chi connectivity index (χ1v) is 9.22. The molecule has 0 amide bonds. The van der Waals surface area contributed by atoms with E-state index in [1.807, 2.05) is 0 Å². The third-order valence-electron chi connectivity index (χ3n) is 5.40. The zero-order valence-corrected chi connectivity index (χ0v) is 16.1. The molecule has 156 valence electrons. The van der Waals surface area contributed by atoms with Gasteiger partial charge in [-0.2, -0.15) is 0 Å². The Bertz CT molecular complexity index is 737. The first kappa shape index (κ1) is 20.7. The molecular formula is C19H25F3N2O4. The number of nitrogens with zero attached hydrogens (tertiary/aromatic N) is 1. The summed E-state index contributed by atoms with van der Waals surface area (Å²) < 4.78 is 53.4. The van der Waals surface area contributed by atoms with E-state index in [9.17, 15) is 18.0 Å². The summed E-state index contributed by atoms with van der Waals surface area (Å²) in [6, 6.07) is 2.45. The zero-order valence-electron chi connectivity index (χ0n) is 16.1. The van der Waals surface area contributed by atoms with Gasteiger partial charge in [0.25, 0.3) is 5.88 Å². The minimum absolute atomic E-state index is 0.264. The number of aromatic nitrogens is 1. The fraction of sp³-hybridized carbons (Fsp3) is 0.684. The van der Waals surface area contributed by atoms with Crippen LogP contribution in [-0.2, 0) is 9.53 Å². The SMILES string of the molecule is CC(C)(C)OC(=O)C12CCC(N)(CC1)C(Oc1ncccc1OC(F)(F)F)C2. The number of ether oxygens (including phenoxy) is 3. The number of alkyl halides is 3. The predicted molar refractivity (Wildman–Crippen MR) is 93.6 cm³/mol. The van der Waals surface area contributed by atoms with Crippen LogP contribution in [0.5, 0.6) is 11.6 Å². The molecule has 1 heterocycles. The number of hydrogen-bond donors (Lipinski definition) is 1. The van der Waals surface area contributed by atoms with Gasteiger partial charge in [0.1, 0.15) is 11.7 Å². The van der Waals surface area contributed by atoms with Gasteiger partial charge in [-0.3, -0.25) is 4.79 Å². The molecular weight excluding hydrogens is 377 g/mol. The van der Waals surface area contributed by atoms with Crippen LogP contribution in [0.25, 0.3) is 0 Å². The van der Waals surface area contributed by atoms with E-state index in [0.717, 1.165) is 6.07 Å². The van der Waals surface area contributed by atoms with Crippen LogP contribution in [0, 0.1) is 5.41 Å². The number of carbonyl (C=O) groups excluding carboxylic acids is 1. The van der Waals surface area contributed by atoms with Crippen molar-refractivity contribution in [2.24, 2.45) is 11.1 Å². The number of esters is 1. The van der Waals surface area contributed by atoms with Crippen LogP contribution in [0.15, 0.2) is 18.3 Å². The summed E-state index contributed by atoms with van der Waals surface area (Å²) in [5.74, 6) is -1.14. The van der Waals surface area contributed by atoms with Gasteiger partial charge in [0.15, 0.2) is 5.75 Å².